The molecule has 0 saturated carbocycles. The van der Waals surface area contributed by atoms with Gasteiger partial charge in [0.2, 0.25) is 11.8 Å². The summed E-state index contributed by atoms with van der Waals surface area (Å²) in [7, 11) is 0. The molecule has 1 aromatic heterocycles. The smallest absolute Gasteiger partial charge is 0.249 e. The summed E-state index contributed by atoms with van der Waals surface area (Å²) in [4.78, 5) is 29.4. The van der Waals surface area contributed by atoms with Crippen LogP contribution < -0.4 is 16.4 Å². The lowest BCUT2D eigenvalue weighted by Gasteiger charge is -2.20. The predicted octanol–water partition coefficient (Wildman–Crippen LogP) is 3.37. The van der Waals surface area contributed by atoms with E-state index in [0.717, 1.165) is 12.1 Å². The highest BCUT2D eigenvalue weighted by atomic mass is 35.5. The van der Waals surface area contributed by atoms with Gasteiger partial charge in [0.15, 0.2) is 11.6 Å². The number of aliphatic hydroxyl groups is 1. The number of pyridine rings is 1. The van der Waals surface area contributed by atoms with E-state index in [2.05, 4.69) is 15.6 Å². The third kappa shape index (κ3) is 7.35. The van der Waals surface area contributed by atoms with Gasteiger partial charge in [0.05, 0.1) is 5.92 Å². The van der Waals surface area contributed by atoms with Crippen molar-refractivity contribution < 1.29 is 23.5 Å². The molecule has 3 aromatic rings. The molecule has 3 rings (SSSR count). The minimum Gasteiger partial charge on any atom is -0.384 e. The van der Waals surface area contributed by atoms with Crippen molar-refractivity contribution in [3.63, 3.8) is 0 Å². The van der Waals surface area contributed by atoms with E-state index in [1.165, 1.54) is 18.3 Å². The number of nitrogen functional groups attached to an aromatic ring is 1. The van der Waals surface area contributed by atoms with Gasteiger partial charge in [-0.25, -0.2) is 13.8 Å². The number of aromatic nitrogens is 1. The lowest BCUT2D eigenvalue weighted by Crippen LogP contribution is -2.41. The van der Waals surface area contributed by atoms with Gasteiger partial charge in [0.1, 0.15) is 11.9 Å². The normalized spacial score (nSPS) is 12.6. The second kappa shape index (κ2) is 11.9. The Morgan fingerprint density at radius 1 is 1.00 bits per heavy atom. The molecule has 184 valence electrons. The monoisotopic (exact) mass is 522 g/mol. The molecule has 0 radical (unpaired) electrons. The summed E-state index contributed by atoms with van der Waals surface area (Å²) in [5, 5.41) is 16.2. The number of hydrogen-bond acceptors (Lipinski definition) is 5. The summed E-state index contributed by atoms with van der Waals surface area (Å²) in [6.45, 7) is -0.181. The zero-order valence-electron chi connectivity index (χ0n) is 18.3. The Balaban J connectivity index is 1.69. The van der Waals surface area contributed by atoms with Crippen LogP contribution in [-0.2, 0) is 22.6 Å². The van der Waals surface area contributed by atoms with Crippen LogP contribution in [0.25, 0.3) is 0 Å². The van der Waals surface area contributed by atoms with Crippen LogP contribution in [0.3, 0.4) is 0 Å². The van der Waals surface area contributed by atoms with Gasteiger partial charge >= 0.3 is 0 Å². The number of carbonyl (C=O) groups is 2. The van der Waals surface area contributed by atoms with Gasteiger partial charge in [0, 0.05) is 35.8 Å². The fourth-order valence-corrected chi connectivity index (χ4v) is 3.74. The average molecular weight is 523 g/mol. The number of nitrogens with one attached hydrogen (secondary N) is 2. The van der Waals surface area contributed by atoms with E-state index in [4.69, 9.17) is 28.9 Å². The van der Waals surface area contributed by atoms with E-state index in [-0.39, 0.29) is 25.1 Å². The van der Waals surface area contributed by atoms with E-state index in [9.17, 15) is 23.5 Å². The van der Waals surface area contributed by atoms with Crippen molar-refractivity contribution in [1.82, 2.24) is 15.6 Å². The molecule has 0 fully saturated rings. The number of benzene rings is 2. The number of aliphatic hydroxyl groups excluding tert-OH is 1. The topological polar surface area (TPSA) is 117 Å². The molecule has 5 N–H and O–H groups in total. The van der Waals surface area contributed by atoms with Gasteiger partial charge in [-0.05, 0) is 47.0 Å². The maximum absolute atomic E-state index is 13.9. The number of carbonyl (C=O) groups excluding carboxylic acids is 2. The maximum Gasteiger partial charge on any atom is 0.249 e. The van der Waals surface area contributed by atoms with Crippen LogP contribution in [0.1, 0.15) is 22.6 Å². The largest absolute Gasteiger partial charge is 0.384 e. The molecule has 2 aromatic carbocycles. The van der Waals surface area contributed by atoms with Crippen LogP contribution >= 0.6 is 23.2 Å². The minimum absolute atomic E-state index is 0.0893. The molecule has 0 unspecified atom stereocenters. The minimum atomic E-state index is -1.47. The highest BCUT2D eigenvalue weighted by molar-refractivity contribution is 6.35. The molecule has 0 saturated heterocycles. The SMILES string of the molecule is Nc1ccc(CNC(=O)[C@@H](CNC(=O)[C@H](O)Cc2ccc(Cl)cc2Cl)c2ccc(F)c(F)c2)cn1. The molecular formula is C24H22Cl2F2N4O3. The van der Waals surface area contributed by atoms with E-state index >= 15 is 0 Å². The fourth-order valence-electron chi connectivity index (χ4n) is 3.25. The van der Waals surface area contributed by atoms with Crippen LogP contribution in [0.2, 0.25) is 10.0 Å². The van der Waals surface area contributed by atoms with E-state index in [0.29, 0.717) is 27.0 Å². The van der Waals surface area contributed by atoms with Crippen molar-refractivity contribution in [3.05, 3.63) is 93.1 Å². The lowest BCUT2D eigenvalue weighted by molar-refractivity contribution is -0.129. The first-order valence-corrected chi connectivity index (χ1v) is 11.2. The summed E-state index contributed by atoms with van der Waals surface area (Å²) in [5.74, 6) is -4.27. The highest BCUT2D eigenvalue weighted by Gasteiger charge is 2.25. The van der Waals surface area contributed by atoms with Crippen molar-refractivity contribution in [1.29, 1.82) is 0 Å². The van der Waals surface area contributed by atoms with Gasteiger partial charge in [-0.1, -0.05) is 41.4 Å². The molecule has 0 aliphatic heterocycles. The molecule has 2 atom stereocenters. The number of halogens is 4. The summed E-state index contributed by atoms with van der Waals surface area (Å²) in [6, 6.07) is 10.9. The van der Waals surface area contributed by atoms with Gasteiger partial charge in [-0.3, -0.25) is 9.59 Å². The number of nitrogens with two attached hydrogens (primary N) is 1. The van der Waals surface area contributed by atoms with E-state index in [1.54, 1.807) is 24.3 Å². The molecule has 11 heteroatoms. The van der Waals surface area contributed by atoms with Crippen LogP contribution in [0.4, 0.5) is 14.6 Å². The fraction of sp³-hybridized carbons (Fsp3) is 0.208. The second-order valence-corrected chi connectivity index (χ2v) is 8.58. The molecular weight excluding hydrogens is 501 g/mol. The molecule has 0 aliphatic rings. The third-order valence-corrected chi connectivity index (χ3v) is 5.78. The second-order valence-electron chi connectivity index (χ2n) is 7.74. The number of anilines is 1. The van der Waals surface area contributed by atoms with E-state index < -0.39 is 35.5 Å². The Bertz CT molecular complexity index is 1210. The van der Waals surface area contributed by atoms with Crippen molar-refractivity contribution >= 4 is 40.8 Å². The quantitative estimate of drug-likeness (QED) is 0.343. The Morgan fingerprint density at radius 3 is 2.43 bits per heavy atom. The van der Waals surface area contributed by atoms with Crippen molar-refractivity contribution in [2.75, 3.05) is 12.3 Å². The van der Waals surface area contributed by atoms with Crippen LogP contribution in [-0.4, -0.2) is 34.6 Å². The van der Waals surface area contributed by atoms with Crippen molar-refractivity contribution in [2.45, 2.75) is 25.0 Å². The summed E-state index contributed by atoms with van der Waals surface area (Å²) in [5.41, 5.74) is 6.86. The molecule has 35 heavy (non-hydrogen) atoms. The first-order valence-electron chi connectivity index (χ1n) is 10.5. The summed E-state index contributed by atoms with van der Waals surface area (Å²) < 4.78 is 27.3. The summed E-state index contributed by atoms with van der Waals surface area (Å²) >= 11 is 11.9. The molecule has 1 heterocycles. The number of rotatable bonds is 9. The number of nitrogens with zero attached hydrogens (tertiary/aromatic N) is 1. The molecule has 7 nitrogen and oxygen atoms in total. The van der Waals surface area contributed by atoms with Gasteiger partial charge in [-0.2, -0.15) is 0 Å². The molecule has 0 bridgehead atoms. The van der Waals surface area contributed by atoms with Crippen LogP contribution in [0.5, 0.6) is 0 Å². The van der Waals surface area contributed by atoms with Crippen molar-refractivity contribution in [3.8, 4) is 0 Å². The number of amides is 2. The molecule has 0 aliphatic carbocycles. The average Bonchev–Trinajstić information content (AvgIpc) is 2.82. The zero-order valence-corrected chi connectivity index (χ0v) is 19.8. The van der Waals surface area contributed by atoms with E-state index in [1.807, 2.05) is 0 Å². The molecule has 2 amide bonds. The Kier molecular flexibility index (Phi) is 8.97. The Labute approximate surface area is 210 Å². The standard InChI is InChI=1S/C24H22Cl2F2N4O3/c25-16-4-2-15(18(26)9-16)8-21(33)24(35)32-12-17(14-3-5-19(27)20(28)7-14)23(34)31-11-13-1-6-22(29)30-10-13/h1-7,9-10,17,21,33H,8,11-12H2,(H2,29,30)(H,31,34)(H,32,35)/t17-,21+/m0/s1. The number of hydrogen-bond donors (Lipinski definition) is 4. The highest BCUT2D eigenvalue weighted by Crippen LogP contribution is 2.23. The third-order valence-electron chi connectivity index (χ3n) is 5.19. The maximum atomic E-state index is 13.9. The van der Waals surface area contributed by atoms with Gasteiger partial charge < -0.3 is 21.5 Å². The zero-order chi connectivity index (χ0) is 25.5. The Hall–Kier alpha value is -3.27. The van der Waals surface area contributed by atoms with Crippen LogP contribution in [0, 0.1) is 11.6 Å². The lowest BCUT2D eigenvalue weighted by atomic mass is 9.97. The first kappa shape index (κ1) is 26.3. The predicted molar refractivity (Wildman–Crippen MR) is 129 cm³/mol. The van der Waals surface area contributed by atoms with Gasteiger partial charge in [0.25, 0.3) is 0 Å². The van der Waals surface area contributed by atoms with Gasteiger partial charge in [-0.15, -0.1) is 0 Å². The van der Waals surface area contributed by atoms with Crippen molar-refractivity contribution in [2.24, 2.45) is 0 Å². The summed E-state index contributed by atoms with van der Waals surface area (Å²) in [6.07, 6.45) is -0.0702. The Morgan fingerprint density at radius 2 is 1.77 bits per heavy atom. The van der Waals surface area contributed by atoms with Crippen LogP contribution in [0.15, 0.2) is 54.7 Å². The first-order chi connectivity index (χ1) is 16.6. The molecule has 0 spiro atoms.